The molecule has 12 nitrogen and oxygen atoms in total. The number of anilines is 2. The molecule has 2 aromatic heterocycles. The number of hydrogen-bond donors (Lipinski definition) is 4. The van der Waals surface area contributed by atoms with Crippen LogP contribution < -0.4 is 21.7 Å². The van der Waals surface area contributed by atoms with Crippen LogP contribution in [0.4, 0.5) is 17.5 Å². The predicted molar refractivity (Wildman–Crippen MR) is 146 cm³/mol. The molecule has 2 aliphatic rings. The van der Waals surface area contributed by atoms with Gasteiger partial charge < -0.3 is 26.3 Å². The lowest BCUT2D eigenvalue weighted by atomic mass is 9.92. The van der Waals surface area contributed by atoms with Crippen LogP contribution in [0.1, 0.15) is 67.8 Å². The number of aromatic nitrogens is 4. The largest absolute Gasteiger partial charge is 0.366 e. The van der Waals surface area contributed by atoms with Crippen molar-refractivity contribution in [2.45, 2.75) is 69.5 Å². The quantitative estimate of drug-likeness (QED) is 0.178. The number of rotatable bonds is 9. The smallest absolute Gasteiger partial charge is 0.270 e. The number of nitrogens with one attached hydrogen (secondary N) is 3. The Kier molecular flexibility index (Phi) is 7.89. The van der Waals surface area contributed by atoms with E-state index < -0.39 is 10.8 Å². The number of carbonyl (C=O) groups excluding carboxylic acids is 1. The van der Waals surface area contributed by atoms with Crippen LogP contribution in [-0.2, 0) is 0 Å². The minimum atomic E-state index is -0.555. The highest BCUT2D eigenvalue weighted by Gasteiger charge is 2.24. The first-order chi connectivity index (χ1) is 18.4. The molecule has 0 atom stereocenters. The molecule has 0 bridgehead atoms. The van der Waals surface area contributed by atoms with Gasteiger partial charge in [0.1, 0.15) is 0 Å². The number of nitro benzene ring substituents is 1. The van der Waals surface area contributed by atoms with Crippen molar-refractivity contribution in [1.82, 2.24) is 24.8 Å². The molecule has 2 fully saturated rings. The third-order valence-electron chi connectivity index (χ3n) is 7.36. The first kappa shape index (κ1) is 26.1. The molecule has 38 heavy (non-hydrogen) atoms. The molecule has 13 heteroatoms. The van der Waals surface area contributed by atoms with Crippen LogP contribution in [0.2, 0.25) is 5.02 Å². The Morgan fingerprint density at radius 3 is 2.61 bits per heavy atom. The molecule has 5 rings (SSSR count). The van der Waals surface area contributed by atoms with E-state index in [2.05, 4.69) is 25.5 Å². The van der Waals surface area contributed by atoms with E-state index in [4.69, 9.17) is 27.3 Å². The average molecular weight is 542 g/mol. The van der Waals surface area contributed by atoms with E-state index in [1.165, 1.54) is 31.0 Å². The third kappa shape index (κ3) is 5.81. The van der Waals surface area contributed by atoms with Crippen molar-refractivity contribution >= 4 is 46.1 Å². The average Bonchev–Trinajstić information content (AvgIpc) is 3.58. The van der Waals surface area contributed by atoms with Crippen LogP contribution in [-0.4, -0.2) is 55.5 Å². The number of fused-ring (bicyclic) bond motifs is 1. The summed E-state index contributed by atoms with van der Waals surface area (Å²) in [7, 11) is 0. The summed E-state index contributed by atoms with van der Waals surface area (Å²) < 4.78 is 2.16. The van der Waals surface area contributed by atoms with Gasteiger partial charge in [0.05, 0.1) is 21.8 Å². The predicted octanol–water partition coefficient (Wildman–Crippen LogP) is 4.03. The number of benzene rings is 1. The van der Waals surface area contributed by atoms with E-state index in [0.717, 1.165) is 44.2 Å². The summed E-state index contributed by atoms with van der Waals surface area (Å²) in [5.74, 6) is 0.745. The van der Waals surface area contributed by atoms with Gasteiger partial charge in [-0.3, -0.25) is 14.9 Å². The van der Waals surface area contributed by atoms with Gasteiger partial charge in [-0.15, -0.1) is 0 Å². The van der Waals surface area contributed by atoms with E-state index in [9.17, 15) is 14.9 Å². The van der Waals surface area contributed by atoms with Crippen molar-refractivity contribution < 1.29 is 9.72 Å². The molecule has 0 aliphatic heterocycles. The van der Waals surface area contributed by atoms with E-state index in [0.29, 0.717) is 29.9 Å². The molecule has 0 saturated heterocycles. The number of amides is 1. The van der Waals surface area contributed by atoms with Gasteiger partial charge >= 0.3 is 0 Å². The molecule has 2 heterocycles. The van der Waals surface area contributed by atoms with Crippen LogP contribution in [0, 0.1) is 10.1 Å². The van der Waals surface area contributed by atoms with Gasteiger partial charge in [-0.05, 0) is 44.6 Å². The summed E-state index contributed by atoms with van der Waals surface area (Å²) in [5, 5.41) is 20.5. The Morgan fingerprint density at radius 2 is 1.89 bits per heavy atom. The van der Waals surface area contributed by atoms with Gasteiger partial charge in [-0.25, -0.2) is 4.98 Å². The van der Waals surface area contributed by atoms with Crippen LogP contribution in [0.15, 0.2) is 24.5 Å². The van der Waals surface area contributed by atoms with Crippen molar-refractivity contribution in [3.05, 3.63) is 45.2 Å². The van der Waals surface area contributed by atoms with Crippen molar-refractivity contribution in [2.24, 2.45) is 5.73 Å². The second-order valence-electron chi connectivity index (χ2n) is 10.0. The first-order valence-corrected chi connectivity index (χ1v) is 13.5. The molecule has 1 aromatic carbocycles. The first-order valence-electron chi connectivity index (χ1n) is 13.1. The molecule has 3 aromatic rings. The lowest BCUT2D eigenvalue weighted by molar-refractivity contribution is -0.384. The molecule has 0 radical (unpaired) electrons. The Hall–Kier alpha value is -3.51. The van der Waals surface area contributed by atoms with E-state index in [-0.39, 0.29) is 34.9 Å². The van der Waals surface area contributed by atoms with Gasteiger partial charge in [0.2, 0.25) is 5.95 Å². The fourth-order valence-electron chi connectivity index (χ4n) is 5.25. The lowest BCUT2D eigenvalue weighted by Crippen LogP contribution is -2.33. The van der Waals surface area contributed by atoms with E-state index in [1.807, 2.05) is 6.33 Å². The molecule has 2 saturated carbocycles. The summed E-state index contributed by atoms with van der Waals surface area (Å²) in [5.41, 5.74) is 7.57. The standard InChI is InChI=1S/C25H32ClN9O3/c26-20-13-18(35(37)38)9-10-19(20)24(36)29-12-11-28-22-21-23(34(14-30-21)17-3-1-2-4-17)33-25(32-22)31-16-7-5-15(27)6-8-16/h9-10,13-17H,1-8,11-12,27H2,(H,29,36)(H2,28,31,32,33)/t15-,16-. The van der Waals surface area contributed by atoms with Crippen molar-refractivity contribution in [3.8, 4) is 0 Å². The highest BCUT2D eigenvalue weighted by molar-refractivity contribution is 6.34. The summed E-state index contributed by atoms with van der Waals surface area (Å²) >= 11 is 6.08. The minimum absolute atomic E-state index is 0.0269. The Morgan fingerprint density at radius 1 is 1.13 bits per heavy atom. The topological polar surface area (TPSA) is 166 Å². The van der Waals surface area contributed by atoms with Gasteiger partial charge in [0.25, 0.3) is 11.6 Å². The number of halogens is 1. The summed E-state index contributed by atoms with van der Waals surface area (Å²) in [4.78, 5) is 37.1. The van der Waals surface area contributed by atoms with E-state index in [1.54, 1.807) is 0 Å². The van der Waals surface area contributed by atoms with Crippen LogP contribution in [0.3, 0.4) is 0 Å². The van der Waals surface area contributed by atoms with Gasteiger partial charge in [-0.2, -0.15) is 9.97 Å². The summed E-state index contributed by atoms with van der Waals surface area (Å²) in [6, 6.07) is 4.69. The number of carbonyl (C=O) groups is 1. The zero-order valence-corrected chi connectivity index (χ0v) is 21.8. The van der Waals surface area contributed by atoms with Gasteiger partial charge in [-0.1, -0.05) is 24.4 Å². The second-order valence-corrected chi connectivity index (χ2v) is 10.4. The SMILES string of the molecule is N[C@H]1CC[C@H](Nc2nc(NCCNC(=O)c3ccc([N+](=O)[O-])cc3Cl)c3ncn(C4CCCC4)c3n2)CC1. The Labute approximate surface area is 224 Å². The van der Waals surface area contributed by atoms with Crippen LogP contribution in [0.5, 0.6) is 0 Å². The van der Waals surface area contributed by atoms with Crippen molar-refractivity contribution in [1.29, 1.82) is 0 Å². The summed E-state index contributed by atoms with van der Waals surface area (Å²) in [6.45, 7) is 0.667. The highest BCUT2D eigenvalue weighted by Crippen LogP contribution is 2.33. The van der Waals surface area contributed by atoms with Gasteiger partial charge in [0.15, 0.2) is 17.0 Å². The van der Waals surface area contributed by atoms with Crippen LogP contribution >= 0.6 is 11.6 Å². The molecular weight excluding hydrogens is 510 g/mol. The second kappa shape index (κ2) is 11.5. The third-order valence-corrected chi connectivity index (χ3v) is 7.67. The molecule has 0 unspecified atom stereocenters. The number of non-ortho nitro benzene ring substituents is 1. The number of imidazole rings is 1. The number of nitro groups is 1. The lowest BCUT2D eigenvalue weighted by Gasteiger charge is -2.27. The number of nitrogens with two attached hydrogens (primary N) is 1. The minimum Gasteiger partial charge on any atom is -0.366 e. The molecule has 202 valence electrons. The normalized spacial score (nSPS) is 19.9. The van der Waals surface area contributed by atoms with Crippen molar-refractivity contribution in [3.63, 3.8) is 0 Å². The monoisotopic (exact) mass is 541 g/mol. The highest BCUT2D eigenvalue weighted by atomic mass is 35.5. The molecular formula is C25H32ClN9O3. The maximum Gasteiger partial charge on any atom is 0.270 e. The molecule has 2 aliphatic carbocycles. The van der Waals surface area contributed by atoms with Gasteiger partial charge in [0, 0.05) is 43.3 Å². The maximum absolute atomic E-state index is 12.6. The molecule has 5 N–H and O–H groups in total. The maximum atomic E-state index is 12.6. The number of nitrogens with zero attached hydrogens (tertiary/aromatic N) is 5. The van der Waals surface area contributed by atoms with Crippen molar-refractivity contribution in [2.75, 3.05) is 23.7 Å². The van der Waals surface area contributed by atoms with E-state index >= 15 is 0 Å². The zero-order valence-electron chi connectivity index (χ0n) is 21.0. The Balaban J connectivity index is 1.28. The van der Waals surface area contributed by atoms with Crippen LogP contribution in [0.25, 0.3) is 11.2 Å². The fraction of sp³-hybridized carbons (Fsp3) is 0.520. The number of hydrogen-bond acceptors (Lipinski definition) is 9. The summed E-state index contributed by atoms with van der Waals surface area (Å²) in [6.07, 6.45) is 10.4. The molecule has 0 spiro atoms. The zero-order chi connectivity index (χ0) is 26.6. The Bertz CT molecular complexity index is 1320. The molecule has 1 amide bonds. The fourth-order valence-corrected chi connectivity index (χ4v) is 5.51.